The molecule has 0 N–H and O–H groups in total. The van der Waals surface area contributed by atoms with Crippen LogP contribution in [-0.2, 0) is 5.88 Å². The van der Waals surface area contributed by atoms with Crippen LogP contribution in [0.15, 0.2) is 18.2 Å². The third kappa shape index (κ3) is 3.88. The molecule has 0 spiro atoms. The first kappa shape index (κ1) is 14.3. The smallest absolute Gasteiger partial charge is 0.146 e. The van der Waals surface area contributed by atoms with Crippen molar-refractivity contribution in [1.82, 2.24) is 0 Å². The maximum Gasteiger partial charge on any atom is 0.146 e. The Morgan fingerprint density at radius 2 is 1.88 bits per heavy atom. The molecule has 0 aliphatic carbocycles. The molecule has 1 rings (SSSR count). The second kappa shape index (κ2) is 6.25. The quantitative estimate of drug-likeness (QED) is 0.705. The van der Waals surface area contributed by atoms with E-state index in [-0.39, 0.29) is 11.9 Å². The van der Waals surface area contributed by atoms with Crippen molar-refractivity contribution < 1.29 is 4.39 Å². The molecule has 0 aliphatic heterocycles. The van der Waals surface area contributed by atoms with Crippen molar-refractivity contribution in [3.63, 3.8) is 0 Å². The molecule has 0 aliphatic rings. The monoisotopic (exact) mass is 257 g/mol. The van der Waals surface area contributed by atoms with Crippen LogP contribution in [0, 0.1) is 11.7 Å². The number of alkyl halides is 1. The largest absolute Gasteiger partial charge is 0.366 e. The lowest BCUT2D eigenvalue weighted by Crippen LogP contribution is -2.34. The van der Waals surface area contributed by atoms with Crippen LogP contribution in [-0.4, -0.2) is 12.6 Å². The summed E-state index contributed by atoms with van der Waals surface area (Å²) in [4.78, 5) is 2.10. The van der Waals surface area contributed by atoms with Gasteiger partial charge in [0, 0.05) is 18.5 Å². The molecule has 1 aromatic rings. The number of anilines is 1. The van der Waals surface area contributed by atoms with Gasteiger partial charge in [0.15, 0.2) is 0 Å². The van der Waals surface area contributed by atoms with E-state index < -0.39 is 0 Å². The van der Waals surface area contributed by atoms with Crippen molar-refractivity contribution in [3.05, 3.63) is 29.6 Å². The van der Waals surface area contributed by atoms with Crippen LogP contribution in [0.2, 0.25) is 0 Å². The minimum atomic E-state index is -0.183. The lowest BCUT2D eigenvalue weighted by atomic mass is 10.1. The van der Waals surface area contributed by atoms with E-state index in [1.54, 1.807) is 0 Å². The third-order valence-corrected chi connectivity index (χ3v) is 2.97. The van der Waals surface area contributed by atoms with Crippen LogP contribution in [0.4, 0.5) is 10.1 Å². The molecule has 0 heterocycles. The van der Waals surface area contributed by atoms with Crippen molar-refractivity contribution in [3.8, 4) is 0 Å². The molecule has 0 bridgehead atoms. The van der Waals surface area contributed by atoms with E-state index in [1.165, 1.54) is 6.07 Å². The molecule has 1 nitrogen and oxygen atoms in total. The molecule has 0 saturated carbocycles. The second-order valence-electron chi connectivity index (χ2n) is 5.06. The number of hydrogen-bond acceptors (Lipinski definition) is 1. The van der Waals surface area contributed by atoms with Gasteiger partial charge in [-0.2, -0.15) is 0 Å². The zero-order valence-electron chi connectivity index (χ0n) is 11.0. The standard InChI is InChI=1S/C14H21ClFN/c1-10(2)9-17(11(3)4)14-6-5-12(8-15)7-13(14)16/h5-7,10-11H,8-9H2,1-4H3. The first-order valence-electron chi connectivity index (χ1n) is 6.06. The number of nitrogens with zero attached hydrogens (tertiary/aromatic N) is 1. The number of rotatable bonds is 5. The molecular weight excluding hydrogens is 237 g/mol. The van der Waals surface area contributed by atoms with Crippen LogP contribution >= 0.6 is 11.6 Å². The predicted molar refractivity (Wildman–Crippen MR) is 73.3 cm³/mol. The summed E-state index contributed by atoms with van der Waals surface area (Å²) >= 11 is 5.70. The van der Waals surface area contributed by atoms with Crippen molar-refractivity contribution in [2.45, 2.75) is 39.6 Å². The van der Waals surface area contributed by atoms with Gasteiger partial charge in [-0.05, 0) is 37.5 Å². The molecule has 0 aromatic heterocycles. The molecule has 1 aromatic carbocycles. The maximum atomic E-state index is 14.0. The van der Waals surface area contributed by atoms with Gasteiger partial charge in [0.05, 0.1) is 5.69 Å². The maximum absolute atomic E-state index is 14.0. The summed E-state index contributed by atoms with van der Waals surface area (Å²) in [5, 5.41) is 0. The van der Waals surface area contributed by atoms with Gasteiger partial charge in [0.2, 0.25) is 0 Å². The van der Waals surface area contributed by atoms with E-state index >= 15 is 0 Å². The lowest BCUT2D eigenvalue weighted by Gasteiger charge is -2.31. The van der Waals surface area contributed by atoms with E-state index in [0.717, 1.165) is 12.1 Å². The summed E-state index contributed by atoms with van der Waals surface area (Å²) in [5.74, 6) is 0.672. The van der Waals surface area contributed by atoms with Crippen LogP contribution in [0.5, 0.6) is 0 Å². The molecule has 0 radical (unpaired) electrons. The number of halogens is 2. The molecule has 0 unspecified atom stereocenters. The van der Waals surface area contributed by atoms with Crippen molar-refractivity contribution in [2.24, 2.45) is 5.92 Å². The fourth-order valence-electron chi connectivity index (χ4n) is 1.85. The van der Waals surface area contributed by atoms with E-state index in [9.17, 15) is 4.39 Å². The Labute approximate surface area is 109 Å². The van der Waals surface area contributed by atoms with Crippen LogP contribution in [0.3, 0.4) is 0 Å². The number of benzene rings is 1. The minimum absolute atomic E-state index is 0.183. The molecule has 96 valence electrons. The topological polar surface area (TPSA) is 3.24 Å². The Balaban J connectivity index is 3.01. The van der Waals surface area contributed by atoms with Crippen molar-refractivity contribution in [2.75, 3.05) is 11.4 Å². The van der Waals surface area contributed by atoms with E-state index in [0.29, 0.717) is 17.5 Å². The molecule has 0 atom stereocenters. The number of hydrogen-bond donors (Lipinski definition) is 0. The van der Waals surface area contributed by atoms with Gasteiger partial charge < -0.3 is 4.90 Å². The zero-order valence-corrected chi connectivity index (χ0v) is 11.8. The Morgan fingerprint density at radius 3 is 2.29 bits per heavy atom. The summed E-state index contributed by atoms with van der Waals surface area (Å²) in [6.45, 7) is 9.30. The highest BCUT2D eigenvalue weighted by Gasteiger charge is 2.16. The molecular formula is C14H21ClFN. The van der Waals surface area contributed by atoms with Crippen LogP contribution in [0.1, 0.15) is 33.3 Å². The predicted octanol–water partition coefficient (Wildman–Crippen LogP) is 4.44. The summed E-state index contributed by atoms with van der Waals surface area (Å²) in [7, 11) is 0. The van der Waals surface area contributed by atoms with E-state index in [2.05, 4.69) is 32.6 Å². The minimum Gasteiger partial charge on any atom is -0.366 e. The highest BCUT2D eigenvalue weighted by molar-refractivity contribution is 6.17. The molecule has 0 fully saturated rings. The first-order chi connectivity index (χ1) is 7.95. The fourth-order valence-corrected chi connectivity index (χ4v) is 2.01. The van der Waals surface area contributed by atoms with Crippen LogP contribution in [0.25, 0.3) is 0 Å². The summed E-state index contributed by atoms with van der Waals surface area (Å²) < 4.78 is 14.0. The summed E-state index contributed by atoms with van der Waals surface area (Å²) in [5.41, 5.74) is 1.49. The Hall–Kier alpha value is -0.760. The highest BCUT2D eigenvalue weighted by Crippen LogP contribution is 2.24. The van der Waals surface area contributed by atoms with E-state index in [4.69, 9.17) is 11.6 Å². The van der Waals surface area contributed by atoms with E-state index in [1.807, 2.05) is 12.1 Å². The van der Waals surface area contributed by atoms with Gasteiger partial charge >= 0.3 is 0 Å². The van der Waals surface area contributed by atoms with Crippen molar-refractivity contribution >= 4 is 17.3 Å². The van der Waals surface area contributed by atoms with Gasteiger partial charge in [-0.25, -0.2) is 4.39 Å². The van der Waals surface area contributed by atoms with Crippen molar-refractivity contribution in [1.29, 1.82) is 0 Å². The Bertz CT molecular complexity index is 363. The molecule has 0 saturated heterocycles. The highest BCUT2D eigenvalue weighted by atomic mass is 35.5. The summed E-state index contributed by atoms with van der Waals surface area (Å²) in [6, 6.07) is 5.53. The second-order valence-corrected chi connectivity index (χ2v) is 5.33. The zero-order chi connectivity index (χ0) is 13.0. The van der Waals surface area contributed by atoms with Gasteiger partial charge in [-0.15, -0.1) is 11.6 Å². The van der Waals surface area contributed by atoms with Gasteiger partial charge in [-0.3, -0.25) is 0 Å². The van der Waals surface area contributed by atoms with Gasteiger partial charge in [0.25, 0.3) is 0 Å². The Morgan fingerprint density at radius 1 is 1.24 bits per heavy atom. The van der Waals surface area contributed by atoms with Crippen LogP contribution < -0.4 is 4.90 Å². The van der Waals surface area contributed by atoms with Gasteiger partial charge in [0.1, 0.15) is 5.82 Å². The molecule has 17 heavy (non-hydrogen) atoms. The average molecular weight is 258 g/mol. The lowest BCUT2D eigenvalue weighted by molar-refractivity contribution is 0.549. The summed E-state index contributed by atoms with van der Waals surface area (Å²) in [6.07, 6.45) is 0. The molecule has 0 amide bonds. The first-order valence-corrected chi connectivity index (χ1v) is 6.60. The molecule has 3 heteroatoms. The normalized spacial score (nSPS) is 11.3. The SMILES string of the molecule is CC(C)CN(c1ccc(CCl)cc1F)C(C)C. The average Bonchev–Trinajstić information content (AvgIpc) is 2.25. The Kier molecular flexibility index (Phi) is 5.26. The third-order valence-electron chi connectivity index (χ3n) is 2.66. The van der Waals surface area contributed by atoms with Gasteiger partial charge in [-0.1, -0.05) is 19.9 Å². The fraction of sp³-hybridized carbons (Fsp3) is 0.571.